The minimum Gasteiger partial charge on any atom is -0.317 e. The van der Waals surface area contributed by atoms with Crippen molar-refractivity contribution in [2.75, 3.05) is 26.2 Å². The molecule has 1 aromatic rings. The standard InChI is InChI=1S/C16H26N2O2S/c1-4-17-12-15-5-7-18(8-6-15)21(19,20)16-10-13(2)9-14(3)11-16/h9-11,15,17H,4-8,12H2,1-3H3. The Kier molecular flexibility index (Phi) is 5.41. The second-order valence-electron chi connectivity index (χ2n) is 5.98. The van der Waals surface area contributed by atoms with Gasteiger partial charge in [0.25, 0.3) is 0 Å². The fourth-order valence-electron chi connectivity index (χ4n) is 2.93. The van der Waals surface area contributed by atoms with E-state index in [0.717, 1.165) is 37.1 Å². The SMILES string of the molecule is CCNCC1CCN(S(=O)(=O)c2cc(C)cc(C)c2)CC1. The summed E-state index contributed by atoms with van der Waals surface area (Å²) < 4.78 is 27.1. The number of benzene rings is 1. The lowest BCUT2D eigenvalue weighted by Gasteiger charge is -2.31. The van der Waals surface area contributed by atoms with Gasteiger partial charge in [-0.3, -0.25) is 0 Å². The highest BCUT2D eigenvalue weighted by Crippen LogP contribution is 2.24. The Labute approximate surface area is 128 Å². The van der Waals surface area contributed by atoms with Gasteiger partial charge in [-0.15, -0.1) is 0 Å². The Morgan fingerprint density at radius 2 is 1.71 bits per heavy atom. The van der Waals surface area contributed by atoms with Gasteiger partial charge in [0.05, 0.1) is 4.90 Å². The Bertz CT molecular complexity index is 556. The normalized spacial score (nSPS) is 18.0. The van der Waals surface area contributed by atoms with E-state index in [1.165, 1.54) is 0 Å². The number of piperidine rings is 1. The molecule has 1 heterocycles. The van der Waals surface area contributed by atoms with Crippen molar-refractivity contribution in [3.63, 3.8) is 0 Å². The van der Waals surface area contributed by atoms with Crippen molar-refractivity contribution < 1.29 is 8.42 Å². The second kappa shape index (κ2) is 6.90. The van der Waals surface area contributed by atoms with Crippen LogP contribution in [0.5, 0.6) is 0 Å². The van der Waals surface area contributed by atoms with E-state index in [2.05, 4.69) is 12.2 Å². The van der Waals surface area contributed by atoms with Gasteiger partial charge in [0, 0.05) is 13.1 Å². The second-order valence-corrected chi connectivity index (χ2v) is 7.92. The van der Waals surface area contributed by atoms with Crippen molar-refractivity contribution in [2.24, 2.45) is 5.92 Å². The summed E-state index contributed by atoms with van der Waals surface area (Å²) >= 11 is 0. The van der Waals surface area contributed by atoms with Crippen molar-refractivity contribution >= 4 is 10.0 Å². The Hall–Kier alpha value is -0.910. The summed E-state index contributed by atoms with van der Waals surface area (Å²) in [5, 5.41) is 3.35. The van der Waals surface area contributed by atoms with Gasteiger partial charge in [0.2, 0.25) is 10.0 Å². The summed E-state index contributed by atoms with van der Waals surface area (Å²) in [6, 6.07) is 5.54. The molecule has 5 heteroatoms. The Morgan fingerprint density at radius 1 is 1.14 bits per heavy atom. The zero-order chi connectivity index (χ0) is 15.5. The van der Waals surface area contributed by atoms with E-state index < -0.39 is 10.0 Å². The van der Waals surface area contributed by atoms with Crippen LogP contribution >= 0.6 is 0 Å². The van der Waals surface area contributed by atoms with Crippen LogP contribution in [-0.4, -0.2) is 38.9 Å². The molecule has 0 saturated carbocycles. The van der Waals surface area contributed by atoms with Gasteiger partial charge >= 0.3 is 0 Å². The first-order chi connectivity index (χ1) is 9.93. The summed E-state index contributed by atoms with van der Waals surface area (Å²) in [5.41, 5.74) is 1.99. The zero-order valence-electron chi connectivity index (χ0n) is 13.2. The molecule has 0 unspecified atom stereocenters. The van der Waals surface area contributed by atoms with Crippen LogP contribution in [0.4, 0.5) is 0 Å². The maximum atomic E-state index is 12.7. The Morgan fingerprint density at radius 3 is 2.24 bits per heavy atom. The van der Waals surface area contributed by atoms with Crippen LogP contribution in [0.15, 0.2) is 23.1 Å². The predicted molar refractivity (Wildman–Crippen MR) is 85.9 cm³/mol. The highest BCUT2D eigenvalue weighted by Gasteiger charge is 2.29. The first-order valence-corrected chi connectivity index (χ1v) is 9.16. The fourth-order valence-corrected chi connectivity index (χ4v) is 4.59. The fraction of sp³-hybridized carbons (Fsp3) is 0.625. The van der Waals surface area contributed by atoms with Crippen LogP contribution in [0.1, 0.15) is 30.9 Å². The molecule has 1 aliphatic heterocycles. The van der Waals surface area contributed by atoms with Crippen LogP contribution in [0.3, 0.4) is 0 Å². The number of hydrogen-bond donors (Lipinski definition) is 1. The van der Waals surface area contributed by atoms with Gasteiger partial charge in [0.1, 0.15) is 0 Å². The Balaban J connectivity index is 2.07. The molecular weight excluding hydrogens is 284 g/mol. The van der Waals surface area contributed by atoms with E-state index in [-0.39, 0.29) is 0 Å². The lowest BCUT2D eigenvalue weighted by atomic mass is 9.98. The number of sulfonamides is 1. The van der Waals surface area contributed by atoms with Crippen LogP contribution in [0, 0.1) is 19.8 Å². The summed E-state index contributed by atoms with van der Waals surface area (Å²) in [5.74, 6) is 0.593. The minimum absolute atomic E-state index is 0.435. The average molecular weight is 310 g/mol. The molecule has 118 valence electrons. The summed E-state index contributed by atoms with van der Waals surface area (Å²) in [7, 11) is -3.34. The van der Waals surface area contributed by atoms with E-state index in [0.29, 0.717) is 23.9 Å². The molecule has 4 nitrogen and oxygen atoms in total. The largest absolute Gasteiger partial charge is 0.317 e. The van der Waals surface area contributed by atoms with Crippen molar-refractivity contribution in [1.29, 1.82) is 0 Å². The van der Waals surface area contributed by atoms with Gasteiger partial charge in [-0.2, -0.15) is 4.31 Å². The van der Waals surface area contributed by atoms with Crippen LogP contribution in [0.2, 0.25) is 0 Å². The number of nitrogens with zero attached hydrogens (tertiary/aromatic N) is 1. The highest BCUT2D eigenvalue weighted by molar-refractivity contribution is 7.89. The van der Waals surface area contributed by atoms with E-state index in [1.807, 2.05) is 19.9 Å². The van der Waals surface area contributed by atoms with Crippen LogP contribution in [-0.2, 0) is 10.0 Å². The molecule has 0 radical (unpaired) electrons. The quantitative estimate of drug-likeness (QED) is 0.908. The minimum atomic E-state index is -3.34. The summed E-state index contributed by atoms with van der Waals surface area (Å²) in [4.78, 5) is 0.435. The summed E-state index contributed by atoms with van der Waals surface area (Å²) in [6.45, 7) is 9.20. The third kappa shape index (κ3) is 4.05. The molecule has 1 aliphatic rings. The van der Waals surface area contributed by atoms with Gasteiger partial charge in [0.15, 0.2) is 0 Å². The van der Waals surface area contributed by atoms with E-state index in [4.69, 9.17) is 0 Å². The molecule has 0 atom stereocenters. The van der Waals surface area contributed by atoms with Gasteiger partial charge in [-0.25, -0.2) is 8.42 Å². The van der Waals surface area contributed by atoms with Gasteiger partial charge in [-0.05, 0) is 69.0 Å². The highest BCUT2D eigenvalue weighted by atomic mass is 32.2. The summed E-state index contributed by atoms with van der Waals surface area (Å²) in [6.07, 6.45) is 1.88. The van der Waals surface area contributed by atoms with Crippen LogP contribution < -0.4 is 5.32 Å². The number of nitrogens with one attached hydrogen (secondary N) is 1. The lowest BCUT2D eigenvalue weighted by Crippen LogP contribution is -2.40. The van der Waals surface area contributed by atoms with Crippen molar-refractivity contribution in [3.8, 4) is 0 Å². The first-order valence-electron chi connectivity index (χ1n) is 7.72. The predicted octanol–water partition coefficient (Wildman–Crippen LogP) is 2.31. The maximum absolute atomic E-state index is 12.7. The molecule has 1 N–H and O–H groups in total. The van der Waals surface area contributed by atoms with E-state index in [1.54, 1.807) is 16.4 Å². The molecule has 1 fully saturated rings. The molecule has 21 heavy (non-hydrogen) atoms. The maximum Gasteiger partial charge on any atom is 0.243 e. The smallest absolute Gasteiger partial charge is 0.243 e. The molecule has 1 aromatic carbocycles. The third-order valence-electron chi connectivity index (χ3n) is 4.09. The van der Waals surface area contributed by atoms with E-state index >= 15 is 0 Å². The molecule has 0 amide bonds. The zero-order valence-corrected chi connectivity index (χ0v) is 14.0. The van der Waals surface area contributed by atoms with Crippen molar-refractivity contribution in [2.45, 2.75) is 38.5 Å². The third-order valence-corrected chi connectivity index (χ3v) is 5.97. The van der Waals surface area contributed by atoms with Crippen molar-refractivity contribution in [3.05, 3.63) is 29.3 Å². The molecule has 0 bridgehead atoms. The number of rotatable bonds is 5. The van der Waals surface area contributed by atoms with Gasteiger partial charge < -0.3 is 5.32 Å². The topological polar surface area (TPSA) is 49.4 Å². The molecular formula is C16H26N2O2S. The first kappa shape index (κ1) is 16.5. The molecule has 0 aliphatic carbocycles. The molecule has 1 saturated heterocycles. The van der Waals surface area contributed by atoms with Crippen molar-refractivity contribution in [1.82, 2.24) is 9.62 Å². The number of hydrogen-bond acceptors (Lipinski definition) is 3. The van der Waals surface area contributed by atoms with Gasteiger partial charge in [-0.1, -0.05) is 13.0 Å². The monoisotopic (exact) mass is 310 g/mol. The van der Waals surface area contributed by atoms with Crippen LogP contribution in [0.25, 0.3) is 0 Å². The average Bonchev–Trinajstić information content (AvgIpc) is 2.44. The lowest BCUT2D eigenvalue weighted by molar-refractivity contribution is 0.268. The molecule has 0 aromatic heterocycles. The number of aryl methyl sites for hydroxylation is 2. The van der Waals surface area contributed by atoms with E-state index in [9.17, 15) is 8.42 Å². The molecule has 2 rings (SSSR count). The molecule has 0 spiro atoms.